The molecule has 2 aliphatic heterocycles. The molecule has 2 amide bonds. The normalized spacial score (nSPS) is 28.2. The largest absolute Gasteiger partial charge is 0.481 e. The zero-order valence-corrected chi connectivity index (χ0v) is 13.7. The number of hydrogen-bond donors (Lipinski definition) is 1. The van der Waals surface area contributed by atoms with Crippen molar-refractivity contribution in [3.05, 3.63) is 0 Å². The average molecular weight is 330 g/mol. The Morgan fingerprint density at radius 2 is 2.14 bits per heavy atom. The van der Waals surface area contributed by atoms with E-state index in [2.05, 4.69) is 0 Å². The lowest BCUT2D eigenvalue weighted by molar-refractivity contribution is -0.152. The Morgan fingerprint density at radius 1 is 1.41 bits per heavy atom. The third kappa shape index (κ3) is 3.08. The molecule has 0 bridgehead atoms. The van der Waals surface area contributed by atoms with Gasteiger partial charge in [-0.15, -0.1) is 11.8 Å². The highest BCUT2D eigenvalue weighted by atomic mass is 32.2. The van der Waals surface area contributed by atoms with Crippen molar-refractivity contribution in [3.63, 3.8) is 0 Å². The molecule has 2 atom stereocenters. The van der Waals surface area contributed by atoms with Gasteiger partial charge in [-0.2, -0.15) is 0 Å². The minimum atomic E-state index is -1.03. The molecule has 2 heterocycles. The van der Waals surface area contributed by atoms with Crippen molar-refractivity contribution in [3.8, 4) is 0 Å². The summed E-state index contributed by atoms with van der Waals surface area (Å²) in [6, 6.07) is -0.468. The Kier molecular flexibility index (Phi) is 5.33. The van der Waals surface area contributed by atoms with Gasteiger partial charge in [0.2, 0.25) is 11.8 Å². The van der Waals surface area contributed by atoms with E-state index in [1.165, 1.54) is 7.11 Å². The minimum Gasteiger partial charge on any atom is -0.481 e. The number of hydrogen-bond acceptors (Lipinski definition) is 5. The van der Waals surface area contributed by atoms with E-state index in [4.69, 9.17) is 4.74 Å². The number of carboxylic acid groups (broad SMARTS) is 1. The van der Waals surface area contributed by atoms with Crippen molar-refractivity contribution in [2.45, 2.75) is 25.8 Å². The molecule has 124 valence electrons. The van der Waals surface area contributed by atoms with E-state index in [1.54, 1.807) is 28.5 Å². The highest BCUT2D eigenvalue weighted by Gasteiger charge is 2.48. The van der Waals surface area contributed by atoms with Crippen LogP contribution in [0, 0.1) is 5.41 Å². The highest BCUT2D eigenvalue weighted by molar-refractivity contribution is 7.99. The average Bonchev–Trinajstić information content (AvgIpc) is 3.13. The SMILES string of the molecule is CCC(=O)N1CSCC1C(=O)N1CCC(COC)(C(=O)O)C1. The predicted molar refractivity (Wildman–Crippen MR) is 81.4 cm³/mol. The number of thioether (sulfide) groups is 1. The van der Waals surface area contributed by atoms with Crippen molar-refractivity contribution >= 4 is 29.5 Å². The highest BCUT2D eigenvalue weighted by Crippen LogP contribution is 2.33. The van der Waals surface area contributed by atoms with Gasteiger partial charge in [-0.05, 0) is 6.42 Å². The van der Waals surface area contributed by atoms with Crippen LogP contribution in [0.3, 0.4) is 0 Å². The summed E-state index contributed by atoms with van der Waals surface area (Å²) in [4.78, 5) is 39.3. The molecule has 2 aliphatic rings. The van der Waals surface area contributed by atoms with E-state index >= 15 is 0 Å². The van der Waals surface area contributed by atoms with Crippen LogP contribution in [0.5, 0.6) is 0 Å². The first-order chi connectivity index (χ1) is 10.4. The van der Waals surface area contributed by atoms with Gasteiger partial charge in [0, 0.05) is 32.4 Å². The lowest BCUT2D eigenvalue weighted by atomic mass is 9.88. The fourth-order valence-electron chi connectivity index (χ4n) is 3.00. The fraction of sp³-hybridized carbons (Fsp3) is 0.786. The van der Waals surface area contributed by atoms with Crippen LogP contribution in [0.15, 0.2) is 0 Å². The van der Waals surface area contributed by atoms with Crippen LogP contribution in [-0.2, 0) is 19.1 Å². The quantitative estimate of drug-likeness (QED) is 0.777. The smallest absolute Gasteiger partial charge is 0.313 e. The molecule has 2 rings (SSSR count). The number of methoxy groups -OCH3 is 1. The third-order valence-electron chi connectivity index (χ3n) is 4.33. The van der Waals surface area contributed by atoms with Gasteiger partial charge in [-0.25, -0.2) is 0 Å². The molecule has 2 saturated heterocycles. The maximum absolute atomic E-state index is 12.7. The van der Waals surface area contributed by atoms with E-state index in [0.29, 0.717) is 31.0 Å². The van der Waals surface area contributed by atoms with Crippen LogP contribution in [0.2, 0.25) is 0 Å². The van der Waals surface area contributed by atoms with Crippen LogP contribution in [-0.4, -0.2) is 77.2 Å². The lowest BCUT2D eigenvalue weighted by Gasteiger charge is -2.28. The molecule has 7 nitrogen and oxygen atoms in total. The molecule has 2 unspecified atom stereocenters. The fourth-order valence-corrected chi connectivity index (χ4v) is 4.17. The van der Waals surface area contributed by atoms with Gasteiger partial charge in [-0.3, -0.25) is 14.4 Å². The summed E-state index contributed by atoms with van der Waals surface area (Å²) in [5, 5.41) is 9.45. The zero-order chi connectivity index (χ0) is 16.3. The topological polar surface area (TPSA) is 87.2 Å². The summed E-state index contributed by atoms with van der Waals surface area (Å²) >= 11 is 1.55. The molecule has 0 radical (unpaired) electrons. The van der Waals surface area contributed by atoms with Crippen LogP contribution in [0.1, 0.15) is 19.8 Å². The predicted octanol–water partition coefficient (Wildman–Crippen LogP) is 0.248. The van der Waals surface area contributed by atoms with Crippen molar-refractivity contribution < 1.29 is 24.2 Å². The maximum atomic E-state index is 12.7. The summed E-state index contributed by atoms with van der Waals surface area (Å²) in [6.45, 7) is 2.40. The monoisotopic (exact) mass is 330 g/mol. The number of ether oxygens (including phenoxy) is 1. The van der Waals surface area contributed by atoms with Gasteiger partial charge >= 0.3 is 5.97 Å². The number of nitrogens with zero attached hydrogens (tertiary/aromatic N) is 2. The van der Waals surface area contributed by atoms with E-state index in [9.17, 15) is 19.5 Å². The van der Waals surface area contributed by atoms with E-state index in [1.807, 2.05) is 0 Å². The standard InChI is InChI=1S/C14H22N2O5S/c1-3-11(17)16-9-22-6-10(16)12(18)15-5-4-14(7-15,8-21-2)13(19)20/h10H,3-9H2,1-2H3,(H,19,20). The molecule has 0 aromatic carbocycles. The number of likely N-dealkylation sites (tertiary alicyclic amines) is 1. The Bertz CT molecular complexity index is 472. The van der Waals surface area contributed by atoms with E-state index in [0.717, 1.165) is 0 Å². The number of rotatable bonds is 5. The Balaban J connectivity index is 2.08. The maximum Gasteiger partial charge on any atom is 0.313 e. The number of carbonyl (C=O) groups excluding carboxylic acids is 2. The van der Waals surface area contributed by atoms with Crippen molar-refractivity contribution in [1.82, 2.24) is 9.80 Å². The summed E-state index contributed by atoms with van der Waals surface area (Å²) in [5.74, 6) is -0.0216. The van der Waals surface area contributed by atoms with Crippen LogP contribution < -0.4 is 0 Å². The van der Waals surface area contributed by atoms with Crippen LogP contribution in [0.4, 0.5) is 0 Å². The molecule has 0 aromatic rings. The number of carbonyl (C=O) groups is 3. The molecule has 0 aromatic heterocycles. The van der Waals surface area contributed by atoms with Gasteiger partial charge in [0.15, 0.2) is 0 Å². The molecular formula is C14H22N2O5S. The van der Waals surface area contributed by atoms with Gasteiger partial charge in [0.05, 0.1) is 12.5 Å². The molecule has 22 heavy (non-hydrogen) atoms. The Morgan fingerprint density at radius 3 is 2.73 bits per heavy atom. The van der Waals surface area contributed by atoms with Gasteiger partial charge in [0.1, 0.15) is 11.5 Å². The van der Waals surface area contributed by atoms with E-state index in [-0.39, 0.29) is 25.0 Å². The zero-order valence-electron chi connectivity index (χ0n) is 12.9. The van der Waals surface area contributed by atoms with Crippen molar-refractivity contribution in [2.24, 2.45) is 5.41 Å². The van der Waals surface area contributed by atoms with Gasteiger partial charge in [0.25, 0.3) is 0 Å². The first kappa shape index (κ1) is 17.1. The van der Waals surface area contributed by atoms with Crippen LogP contribution in [0.25, 0.3) is 0 Å². The van der Waals surface area contributed by atoms with Crippen molar-refractivity contribution in [2.75, 3.05) is 38.4 Å². The van der Waals surface area contributed by atoms with Gasteiger partial charge in [-0.1, -0.05) is 6.92 Å². The molecule has 1 N–H and O–H groups in total. The molecule has 2 fully saturated rings. The first-order valence-corrected chi connectivity index (χ1v) is 8.49. The molecule has 0 saturated carbocycles. The third-order valence-corrected chi connectivity index (χ3v) is 5.34. The van der Waals surface area contributed by atoms with Crippen molar-refractivity contribution in [1.29, 1.82) is 0 Å². The number of amides is 2. The molecule has 0 spiro atoms. The summed E-state index contributed by atoms with van der Waals surface area (Å²) in [5.41, 5.74) is -1.03. The van der Waals surface area contributed by atoms with Crippen LogP contribution >= 0.6 is 11.8 Å². The van der Waals surface area contributed by atoms with E-state index < -0.39 is 17.4 Å². The second-order valence-electron chi connectivity index (χ2n) is 5.76. The molecule has 8 heteroatoms. The second-order valence-corrected chi connectivity index (χ2v) is 6.76. The molecular weight excluding hydrogens is 308 g/mol. The Labute approximate surface area is 134 Å². The van der Waals surface area contributed by atoms with Gasteiger partial charge < -0.3 is 19.6 Å². The first-order valence-electron chi connectivity index (χ1n) is 7.33. The number of aliphatic carboxylic acids is 1. The summed E-state index contributed by atoms with van der Waals surface area (Å²) in [6.07, 6.45) is 0.747. The minimum absolute atomic E-state index is 0.0380. The summed E-state index contributed by atoms with van der Waals surface area (Å²) < 4.78 is 5.03. The second kappa shape index (κ2) is 6.87. The number of carboxylic acids is 1. The molecule has 0 aliphatic carbocycles. The Hall–Kier alpha value is -1.28. The lowest BCUT2D eigenvalue weighted by Crippen LogP contribution is -2.49. The summed E-state index contributed by atoms with van der Waals surface area (Å²) in [7, 11) is 1.46.